The summed E-state index contributed by atoms with van der Waals surface area (Å²) >= 11 is 0. The molecule has 0 amide bonds. The number of rotatable bonds is 4. The van der Waals surface area contributed by atoms with Crippen molar-refractivity contribution in [2.24, 2.45) is 5.41 Å². The number of ether oxygens (including phenoxy) is 3. The maximum absolute atomic E-state index is 6.04. The molecule has 3 aliphatic heterocycles. The average molecular weight is 393 g/mol. The lowest BCUT2D eigenvalue weighted by atomic mass is 9.83. The van der Waals surface area contributed by atoms with Crippen LogP contribution in [-0.2, 0) is 20.2 Å². The number of benzene rings is 2. The van der Waals surface area contributed by atoms with Crippen molar-refractivity contribution in [3.8, 4) is 11.5 Å². The third-order valence-electron chi connectivity index (χ3n) is 5.74. The van der Waals surface area contributed by atoms with Crippen LogP contribution in [0.15, 0.2) is 54.6 Å². The van der Waals surface area contributed by atoms with Gasteiger partial charge in [0.2, 0.25) is 0 Å². The maximum atomic E-state index is 6.04. The molecule has 28 heavy (non-hydrogen) atoms. The third kappa shape index (κ3) is 3.68. The zero-order valence-electron chi connectivity index (χ0n) is 17.0. The second-order valence-electron chi connectivity index (χ2n) is 8.49. The van der Waals surface area contributed by atoms with E-state index in [0.29, 0.717) is 19.8 Å². The van der Waals surface area contributed by atoms with E-state index in [0.717, 1.165) is 24.0 Å². The lowest BCUT2D eigenvalue weighted by molar-refractivity contribution is -0.480. The van der Waals surface area contributed by atoms with E-state index in [2.05, 4.69) is 61.8 Å². The van der Waals surface area contributed by atoms with E-state index >= 15 is 0 Å². The van der Waals surface area contributed by atoms with E-state index in [-0.39, 0.29) is 5.41 Å². The van der Waals surface area contributed by atoms with Gasteiger partial charge in [0.15, 0.2) is 8.07 Å². The molecule has 3 aliphatic rings. The largest absolute Gasteiger partial charge is 0.323 e. The van der Waals surface area contributed by atoms with E-state index in [1.54, 1.807) is 0 Å². The number of hydrogen-bond acceptors (Lipinski definition) is 3. The SMILES string of the molecule is CCCC12COC(c3ccc(C#C[Si](C)(C)c4ccccc4)cc3)(OC1)OC2. The summed E-state index contributed by atoms with van der Waals surface area (Å²) in [5.41, 5.74) is 5.47. The number of hydrogen-bond donors (Lipinski definition) is 0. The summed E-state index contributed by atoms with van der Waals surface area (Å²) in [4.78, 5) is 0. The summed E-state index contributed by atoms with van der Waals surface area (Å²) in [6, 6.07) is 18.7. The minimum Gasteiger partial charge on any atom is -0.323 e. The van der Waals surface area contributed by atoms with Crippen molar-refractivity contribution in [2.45, 2.75) is 38.8 Å². The predicted octanol–water partition coefficient (Wildman–Crippen LogP) is 4.17. The molecule has 0 atom stereocenters. The van der Waals surface area contributed by atoms with Crippen molar-refractivity contribution in [1.29, 1.82) is 0 Å². The van der Waals surface area contributed by atoms with E-state index in [1.807, 2.05) is 24.3 Å². The molecule has 0 aromatic heterocycles. The normalized spacial score (nSPS) is 26.5. The molecule has 3 heterocycles. The first-order valence-electron chi connectivity index (χ1n) is 10.1. The first-order chi connectivity index (χ1) is 13.5. The standard InChI is InChI=1S/C24H28O3Si/c1-4-15-23-17-25-24(26-18-23,27-19-23)21-12-10-20(11-13-21)14-16-28(2,3)22-8-6-5-7-9-22/h5-13H,4,15,17-19H2,1-3H3. The molecular weight excluding hydrogens is 364 g/mol. The molecule has 146 valence electrons. The minimum atomic E-state index is -1.77. The summed E-state index contributed by atoms with van der Waals surface area (Å²) in [7, 11) is -1.77. The van der Waals surface area contributed by atoms with Gasteiger partial charge in [-0.05, 0) is 35.9 Å². The molecule has 5 rings (SSSR count). The molecule has 3 nitrogen and oxygen atoms in total. The van der Waals surface area contributed by atoms with Crippen LogP contribution in [0.4, 0.5) is 0 Å². The molecule has 0 saturated carbocycles. The molecule has 3 saturated heterocycles. The molecule has 4 heteroatoms. The Morgan fingerprint density at radius 3 is 2.07 bits per heavy atom. The monoisotopic (exact) mass is 392 g/mol. The summed E-state index contributed by atoms with van der Waals surface area (Å²) in [6.45, 7) is 8.83. The van der Waals surface area contributed by atoms with E-state index in [1.165, 1.54) is 5.19 Å². The Morgan fingerprint density at radius 2 is 1.50 bits per heavy atom. The minimum absolute atomic E-state index is 0.0234. The second kappa shape index (κ2) is 7.49. The summed E-state index contributed by atoms with van der Waals surface area (Å²) in [6.07, 6.45) is 2.18. The highest BCUT2D eigenvalue weighted by atomic mass is 28.3. The van der Waals surface area contributed by atoms with Gasteiger partial charge in [-0.3, -0.25) is 0 Å². The van der Waals surface area contributed by atoms with Gasteiger partial charge in [-0.2, -0.15) is 0 Å². The van der Waals surface area contributed by atoms with E-state index < -0.39 is 14.0 Å². The highest BCUT2D eigenvalue weighted by molar-refractivity contribution is 6.96. The van der Waals surface area contributed by atoms with Crippen molar-refractivity contribution in [1.82, 2.24) is 0 Å². The van der Waals surface area contributed by atoms with Crippen LogP contribution >= 0.6 is 0 Å². The van der Waals surface area contributed by atoms with E-state index in [4.69, 9.17) is 14.2 Å². The molecule has 3 fully saturated rings. The molecule has 2 aromatic rings. The van der Waals surface area contributed by atoms with Gasteiger partial charge in [0.05, 0.1) is 19.8 Å². The van der Waals surface area contributed by atoms with E-state index in [9.17, 15) is 0 Å². The molecular formula is C24H28O3Si. The van der Waals surface area contributed by atoms with Gasteiger partial charge in [0.1, 0.15) is 0 Å². The van der Waals surface area contributed by atoms with Crippen molar-refractivity contribution >= 4 is 13.3 Å². The highest BCUT2D eigenvalue weighted by Gasteiger charge is 2.53. The van der Waals surface area contributed by atoms with Crippen molar-refractivity contribution in [2.75, 3.05) is 19.8 Å². The Kier molecular flexibility index (Phi) is 5.20. The van der Waals surface area contributed by atoms with Gasteiger partial charge < -0.3 is 14.2 Å². The summed E-state index contributed by atoms with van der Waals surface area (Å²) in [5.74, 6) is 2.32. The molecule has 2 aromatic carbocycles. The number of fused-ring (bicyclic) bond motifs is 3. The van der Waals surface area contributed by atoms with Gasteiger partial charge in [-0.1, -0.05) is 62.7 Å². The van der Waals surface area contributed by atoms with Crippen LogP contribution in [0.5, 0.6) is 0 Å². The lowest BCUT2D eigenvalue weighted by Crippen LogP contribution is -2.58. The lowest BCUT2D eigenvalue weighted by Gasteiger charge is -2.51. The van der Waals surface area contributed by atoms with Crippen molar-refractivity contribution in [3.63, 3.8) is 0 Å². The van der Waals surface area contributed by atoms with Crippen LogP contribution in [0, 0.1) is 16.9 Å². The Morgan fingerprint density at radius 1 is 0.893 bits per heavy atom. The average Bonchev–Trinajstić information content (AvgIpc) is 2.75. The molecule has 2 bridgehead atoms. The second-order valence-corrected chi connectivity index (χ2v) is 12.6. The zero-order chi connectivity index (χ0) is 19.7. The fourth-order valence-corrected chi connectivity index (χ4v) is 5.53. The van der Waals surface area contributed by atoms with Crippen LogP contribution in [0.3, 0.4) is 0 Å². The Labute approximate surface area is 169 Å². The first kappa shape index (κ1) is 19.4. The van der Waals surface area contributed by atoms with Gasteiger partial charge in [-0.15, -0.1) is 5.54 Å². The Bertz CT molecular complexity index is 853. The molecule has 0 radical (unpaired) electrons. The van der Waals surface area contributed by atoms with Crippen LogP contribution in [-0.4, -0.2) is 27.9 Å². The Hall–Kier alpha value is -1.90. The first-order valence-corrected chi connectivity index (χ1v) is 13.1. The molecule has 0 unspecified atom stereocenters. The van der Waals surface area contributed by atoms with Crippen molar-refractivity contribution in [3.05, 3.63) is 65.7 Å². The zero-order valence-corrected chi connectivity index (χ0v) is 18.0. The van der Waals surface area contributed by atoms with Gasteiger partial charge in [0, 0.05) is 16.5 Å². The molecule has 0 N–H and O–H groups in total. The molecule has 0 spiro atoms. The molecule has 0 aliphatic carbocycles. The quantitative estimate of drug-likeness (QED) is 0.577. The summed E-state index contributed by atoms with van der Waals surface area (Å²) < 4.78 is 18.1. The van der Waals surface area contributed by atoms with Crippen LogP contribution in [0.1, 0.15) is 30.9 Å². The van der Waals surface area contributed by atoms with Gasteiger partial charge >= 0.3 is 5.97 Å². The van der Waals surface area contributed by atoms with Crippen LogP contribution < -0.4 is 5.19 Å². The summed E-state index contributed by atoms with van der Waals surface area (Å²) in [5, 5.41) is 1.35. The maximum Gasteiger partial charge on any atom is 0.312 e. The fourth-order valence-electron chi connectivity index (χ4n) is 3.90. The topological polar surface area (TPSA) is 27.7 Å². The highest BCUT2D eigenvalue weighted by Crippen LogP contribution is 2.46. The van der Waals surface area contributed by atoms with Gasteiger partial charge in [-0.25, -0.2) is 0 Å². The van der Waals surface area contributed by atoms with Crippen LogP contribution in [0.25, 0.3) is 0 Å². The predicted molar refractivity (Wildman–Crippen MR) is 114 cm³/mol. The Balaban J connectivity index is 1.49. The van der Waals surface area contributed by atoms with Gasteiger partial charge in [0.25, 0.3) is 0 Å². The third-order valence-corrected chi connectivity index (χ3v) is 8.27. The van der Waals surface area contributed by atoms with Crippen LogP contribution in [0.2, 0.25) is 13.1 Å². The smallest absolute Gasteiger partial charge is 0.312 e. The fraction of sp³-hybridized carbons (Fsp3) is 0.417. The van der Waals surface area contributed by atoms with Crippen molar-refractivity contribution < 1.29 is 14.2 Å².